The molecule has 2 saturated heterocycles. The lowest BCUT2D eigenvalue weighted by atomic mass is 10.0. The highest BCUT2D eigenvalue weighted by Crippen LogP contribution is 2.33. The van der Waals surface area contributed by atoms with Crippen LogP contribution in [-0.4, -0.2) is 48.6 Å². The number of anilines is 2. The Morgan fingerprint density at radius 2 is 1.91 bits per heavy atom. The molecule has 3 heterocycles. The Labute approximate surface area is 138 Å². The summed E-state index contributed by atoms with van der Waals surface area (Å²) >= 11 is 0. The Bertz CT molecular complexity index is 507. The van der Waals surface area contributed by atoms with Crippen molar-refractivity contribution in [2.24, 2.45) is 0 Å². The van der Waals surface area contributed by atoms with Gasteiger partial charge in [-0.2, -0.15) is 0 Å². The average molecular weight is 320 g/mol. The summed E-state index contributed by atoms with van der Waals surface area (Å²) in [7, 11) is 0. The Kier molecular flexibility index (Phi) is 5.33. The summed E-state index contributed by atoms with van der Waals surface area (Å²) in [5.41, 5.74) is 0. The molecule has 0 bridgehead atoms. The van der Waals surface area contributed by atoms with E-state index in [1.165, 1.54) is 19.3 Å². The van der Waals surface area contributed by atoms with Crippen molar-refractivity contribution < 1.29 is 9.47 Å². The molecule has 2 fully saturated rings. The van der Waals surface area contributed by atoms with Gasteiger partial charge in [-0.1, -0.05) is 19.8 Å². The third kappa shape index (κ3) is 4.12. The van der Waals surface area contributed by atoms with Crippen molar-refractivity contribution in [2.75, 3.05) is 43.1 Å². The van der Waals surface area contributed by atoms with E-state index in [0.29, 0.717) is 0 Å². The summed E-state index contributed by atoms with van der Waals surface area (Å²) < 4.78 is 11.6. The number of nitrogens with zero attached hydrogens (tertiary/aromatic N) is 3. The first-order valence-electron chi connectivity index (χ1n) is 8.83. The number of hydrogen-bond acceptors (Lipinski definition) is 6. The number of hydrogen-bond donors (Lipinski definition) is 1. The van der Waals surface area contributed by atoms with Gasteiger partial charge in [0.1, 0.15) is 17.5 Å². The van der Waals surface area contributed by atoms with E-state index < -0.39 is 0 Å². The highest BCUT2D eigenvalue weighted by Gasteiger charge is 2.40. The number of aromatic nitrogens is 2. The molecule has 0 radical (unpaired) electrons. The van der Waals surface area contributed by atoms with E-state index in [1.807, 2.05) is 6.92 Å². The lowest BCUT2D eigenvalue weighted by molar-refractivity contribution is -0.169. The first-order valence-corrected chi connectivity index (χ1v) is 8.83. The van der Waals surface area contributed by atoms with Crippen LogP contribution in [0.2, 0.25) is 0 Å². The van der Waals surface area contributed by atoms with E-state index >= 15 is 0 Å². The normalized spacial score (nSPS) is 20.2. The molecule has 0 atom stereocenters. The minimum atomic E-state index is -0.334. The molecule has 0 aromatic carbocycles. The van der Waals surface area contributed by atoms with Gasteiger partial charge in [0.05, 0.1) is 13.2 Å². The molecule has 6 nitrogen and oxygen atoms in total. The monoisotopic (exact) mass is 320 g/mol. The molecule has 23 heavy (non-hydrogen) atoms. The van der Waals surface area contributed by atoms with E-state index in [9.17, 15) is 0 Å². The summed E-state index contributed by atoms with van der Waals surface area (Å²) in [5, 5.41) is 3.42. The highest BCUT2D eigenvalue weighted by molar-refractivity contribution is 5.49. The number of piperidine rings is 1. The number of ether oxygens (including phenoxy) is 2. The molecule has 0 saturated carbocycles. The summed E-state index contributed by atoms with van der Waals surface area (Å²) in [5.74, 6) is 2.41. The van der Waals surface area contributed by atoms with Gasteiger partial charge in [-0.05, 0) is 13.3 Å². The number of nitrogens with one attached hydrogen (secondary N) is 1. The first-order chi connectivity index (χ1) is 11.2. The van der Waals surface area contributed by atoms with Gasteiger partial charge in [-0.3, -0.25) is 0 Å². The largest absolute Gasteiger partial charge is 0.370 e. The molecular weight excluding hydrogens is 292 g/mol. The van der Waals surface area contributed by atoms with Gasteiger partial charge >= 0.3 is 0 Å². The van der Waals surface area contributed by atoms with Crippen LogP contribution in [0.1, 0.15) is 44.9 Å². The van der Waals surface area contributed by atoms with Crippen LogP contribution in [0.15, 0.2) is 6.07 Å². The zero-order valence-electron chi connectivity index (χ0n) is 14.3. The summed E-state index contributed by atoms with van der Waals surface area (Å²) in [6.45, 7) is 8.39. The molecule has 3 rings (SSSR count). The molecule has 1 N–H and O–H groups in total. The van der Waals surface area contributed by atoms with Crippen LogP contribution in [0.3, 0.4) is 0 Å². The SMILES string of the molecule is CCCCCNc1cc(N2CCC3(CC2)OCCO3)nc(C)n1. The molecule has 6 heteroatoms. The maximum Gasteiger partial charge on any atom is 0.171 e. The van der Waals surface area contributed by atoms with Gasteiger partial charge in [0.25, 0.3) is 0 Å². The van der Waals surface area contributed by atoms with Crippen LogP contribution in [-0.2, 0) is 9.47 Å². The van der Waals surface area contributed by atoms with Gasteiger partial charge < -0.3 is 19.7 Å². The van der Waals surface area contributed by atoms with Crippen molar-refractivity contribution >= 4 is 11.6 Å². The Hall–Kier alpha value is -1.40. The van der Waals surface area contributed by atoms with E-state index in [1.54, 1.807) is 0 Å². The van der Waals surface area contributed by atoms with Gasteiger partial charge in [0, 0.05) is 38.5 Å². The predicted octanol–water partition coefficient (Wildman–Crippen LogP) is 2.73. The summed E-state index contributed by atoms with van der Waals surface area (Å²) in [4.78, 5) is 11.4. The first kappa shape index (κ1) is 16.5. The Morgan fingerprint density at radius 1 is 1.17 bits per heavy atom. The second kappa shape index (κ2) is 7.45. The van der Waals surface area contributed by atoms with Crippen molar-refractivity contribution in [3.8, 4) is 0 Å². The smallest absolute Gasteiger partial charge is 0.171 e. The highest BCUT2D eigenvalue weighted by atomic mass is 16.7. The maximum atomic E-state index is 5.80. The Morgan fingerprint density at radius 3 is 2.61 bits per heavy atom. The quantitative estimate of drug-likeness (QED) is 0.813. The number of rotatable bonds is 6. The summed E-state index contributed by atoms with van der Waals surface area (Å²) in [6, 6.07) is 2.06. The lowest BCUT2D eigenvalue weighted by Crippen LogP contribution is -2.45. The summed E-state index contributed by atoms with van der Waals surface area (Å²) in [6.07, 6.45) is 5.45. The molecule has 0 amide bonds. The van der Waals surface area contributed by atoms with E-state index in [2.05, 4.69) is 33.2 Å². The minimum Gasteiger partial charge on any atom is -0.370 e. The fourth-order valence-electron chi connectivity index (χ4n) is 3.26. The van der Waals surface area contributed by atoms with Gasteiger partial charge in [0.2, 0.25) is 0 Å². The van der Waals surface area contributed by atoms with Crippen LogP contribution in [0.4, 0.5) is 11.6 Å². The second-order valence-electron chi connectivity index (χ2n) is 6.39. The standard InChI is InChI=1S/C17H28N4O2/c1-3-4-5-8-18-15-13-16(20-14(2)19-15)21-9-6-17(7-10-21)22-11-12-23-17/h13H,3-12H2,1-2H3,(H,18,19,20). The second-order valence-corrected chi connectivity index (χ2v) is 6.39. The van der Waals surface area contributed by atoms with E-state index in [0.717, 1.165) is 63.1 Å². The van der Waals surface area contributed by atoms with Crippen molar-refractivity contribution in [1.82, 2.24) is 9.97 Å². The molecule has 1 aromatic heterocycles. The average Bonchev–Trinajstić information content (AvgIpc) is 3.00. The minimum absolute atomic E-state index is 0.334. The van der Waals surface area contributed by atoms with Crippen LogP contribution >= 0.6 is 0 Å². The fraction of sp³-hybridized carbons (Fsp3) is 0.765. The van der Waals surface area contributed by atoms with Gasteiger partial charge in [-0.15, -0.1) is 0 Å². The van der Waals surface area contributed by atoms with Gasteiger partial charge in [0.15, 0.2) is 5.79 Å². The van der Waals surface area contributed by atoms with Crippen molar-refractivity contribution in [1.29, 1.82) is 0 Å². The van der Waals surface area contributed by atoms with Crippen molar-refractivity contribution in [3.63, 3.8) is 0 Å². The van der Waals surface area contributed by atoms with Crippen LogP contribution < -0.4 is 10.2 Å². The molecule has 1 spiro atoms. The molecule has 1 aromatic rings. The van der Waals surface area contributed by atoms with Crippen LogP contribution in [0.5, 0.6) is 0 Å². The molecule has 0 unspecified atom stereocenters. The van der Waals surface area contributed by atoms with Crippen LogP contribution in [0.25, 0.3) is 0 Å². The van der Waals surface area contributed by atoms with E-state index in [-0.39, 0.29) is 5.79 Å². The molecule has 2 aliphatic rings. The van der Waals surface area contributed by atoms with Crippen LogP contribution in [0, 0.1) is 6.92 Å². The lowest BCUT2D eigenvalue weighted by Gasteiger charge is -2.38. The zero-order valence-corrected chi connectivity index (χ0v) is 14.3. The predicted molar refractivity (Wildman–Crippen MR) is 90.9 cm³/mol. The molecule has 128 valence electrons. The number of unbranched alkanes of at least 4 members (excludes halogenated alkanes) is 2. The fourth-order valence-corrected chi connectivity index (χ4v) is 3.26. The molecule has 0 aliphatic carbocycles. The molecular formula is C17H28N4O2. The van der Waals surface area contributed by atoms with Crippen molar-refractivity contribution in [2.45, 2.75) is 51.7 Å². The van der Waals surface area contributed by atoms with E-state index in [4.69, 9.17) is 9.47 Å². The Balaban J connectivity index is 1.60. The number of aryl methyl sites for hydroxylation is 1. The zero-order chi connectivity index (χ0) is 16.1. The third-order valence-corrected chi connectivity index (χ3v) is 4.57. The van der Waals surface area contributed by atoms with Crippen molar-refractivity contribution in [3.05, 3.63) is 11.9 Å². The molecule has 2 aliphatic heterocycles. The maximum absolute atomic E-state index is 5.80. The third-order valence-electron chi connectivity index (χ3n) is 4.57. The van der Waals surface area contributed by atoms with Gasteiger partial charge in [-0.25, -0.2) is 9.97 Å². The topological polar surface area (TPSA) is 59.5 Å².